The van der Waals surface area contributed by atoms with Gasteiger partial charge in [-0.1, -0.05) is 0 Å². The van der Waals surface area contributed by atoms with Crippen LogP contribution in [-0.4, -0.2) is 24.6 Å². The lowest BCUT2D eigenvalue weighted by atomic mass is 9.85. The molecule has 0 spiro atoms. The van der Waals surface area contributed by atoms with E-state index >= 15 is 0 Å². The van der Waals surface area contributed by atoms with Gasteiger partial charge in [-0.15, -0.1) is 11.3 Å². The summed E-state index contributed by atoms with van der Waals surface area (Å²) in [5, 5.41) is 0.477. The second-order valence-corrected chi connectivity index (χ2v) is 8.40. The average Bonchev–Trinajstić information content (AvgIpc) is 2.45. The lowest BCUT2D eigenvalue weighted by Gasteiger charge is -2.32. The molecule has 1 aromatic heterocycles. The molecule has 0 radical (unpaired) electrons. The molecule has 2 rings (SSSR count). The molecule has 1 amide bonds. The predicted octanol–water partition coefficient (Wildman–Crippen LogP) is 1.62. The van der Waals surface area contributed by atoms with Gasteiger partial charge in [0.25, 0.3) is 0 Å². The first kappa shape index (κ1) is 13.0. The third-order valence-corrected chi connectivity index (χ3v) is 6.14. The Hall–Kier alpha value is -0.470. The van der Waals surface area contributed by atoms with Crippen molar-refractivity contribution in [1.82, 2.24) is 9.71 Å². The molecule has 0 unspecified atom stereocenters. The maximum atomic E-state index is 11.6. The SMILES string of the molecule is CC(=O)NS(=O)(=O)C1CC(c2ncc(Br)s2)C1. The van der Waals surface area contributed by atoms with E-state index in [0.717, 1.165) is 8.79 Å². The summed E-state index contributed by atoms with van der Waals surface area (Å²) in [5.74, 6) is -0.342. The largest absolute Gasteiger partial charge is 0.274 e. The number of halogens is 1. The Morgan fingerprint density at radius 1 is 1.59 bits per heavy atom. The summed E-state index contributed by atoms with van der Waals surface area (Å²) >= 11 is 4.84. The van der Waals surface area contributed by atoms with Gasteiger partial charge >= 0.3 is 0 Å². The van der Waals surface area contributed by atoms with Crippen LogP contribution in [0, 0.1) is 0 Å². The molecule has 0 bridgehead atoms. The van der Waals surface area contributed by atoms with Crippen LogP contribution >= 0.6 is 27.3 Å². The van der Waals surface area contributed by atoms with Crippen LogP contribution in [0.3, 0.4) is 0 Å². The second kappa shape index (κ2) is 4.66. The first-order chi connectivity index (χ1) is 7.88. The van der Waals surface area contributed by atoms with Gasteiger partial charge in [0.15, 0.2) is 0 Å². The van der Waals surface area contributed by atoms with E-state index in [-0.39, 0.29) is 5.92 Å². The van der Waals surface area contributed by atoms with Crippen molar-refractivity contribution >= 4 is 43.2 Å². The highest BCUT2D eigenvalue weighted by Gasteiger charge is 2.41. The number of nitrogens with one attached hydrogen (secondary N) is 1. The minimum absolute atomic E-state index is 0.194. The highest BCUT2D eigenvalue weighted by molar-refractivity contribution is 9.11. The molecule has 1 aliphatic rings. The summed E-state index contributed by atoms with van der Waals surface area (Å²) in [7, 11) is -3.49. The Balaban J connectivity index is 1.97. The van der Waals surface area contributed by atoms with Gasteiger partial charge in [-0.25, -0.2) is 13.4 Å². The van der Waals surface area contributed by atoms with Crippen molar-refractivity contribution in [3.05, 3.63) is 15.0 Å². The van der Waals surface area contributed by atoms with E-state index < -0.39 is 21.2 Å². The molecule has 1 heterocycles. The minimum Gasteiger partial charge on any atom is -0.274 e. The monoisotopic (exact) mass is 338 g/mol. The first-order valence-electron chi connectivity index (χ1n) is 5.02. The number of hydrogen-bond acceptors (Lipinski definition) is 5. The summed E-state index contributed by atoms with van der Waals surface area (Å²) in [4.78, 5) is 15.0. The van der Waals surface area contributed by atoms with E-state index in [0.29, 0.717) is 12.8 Å². The maximum Gasteiger partial charge on any atom is 0.237 e. The van der Waals surface area contributed by atoms with E-state index in [4.69, 9.17) is 0 Å². The molecule has 1 aromatic rings. The summed E-state index contributed by atoms with van der Waals surface area (Å²) in [6.07, 6.45) is 2.78. The summed E-state index contributed by atoms with van der Waals surface area (Å²) in [6.45, 7) is 1.20. The number of aromatic nitrogens is 1. The third kappa shape index (κ3) is 2.86. The van der Waals surface area contributed by atoms with Crippen molar-refractivity contribution in [1.29, 1.82) is 0 Å². The van der Waals surface area contributed by atoms with Crippen molar-refractivity contribution in [3.8, 4) is 0 Å². The zero-order chi connectivity index (χ0) is 12.6. The molecule has 0 atom stereocenters. The molecule has 94 valence electrons. The molecular weight excluding hydrogens is 328 g/mol. The van der Waals surface area contributed by atoms with Crippen molar-refractivity contribution in [3.63, 3.8) is 0 Å². The van der Waals surface area contributed by atoms with Crippen LogP contribution in [0.4, 0.5) is 0 Å². The van der Waals surface area contributed by atoms with Gasteiger partial charge in [0.05, 0.1) is 20.2 Å². The number of carbonyl (C=O) groups excluding carboxylic acids is 1. The summed E-state index contributed by atoms with van der Waals surface area (Å²) in [5.41, 5.74) is 0. The van der Waals surface area contributed by atoms with Crippen molar-refractivity contribution in [2.45, 2.75) is 30.9 Å². The quantitative estimate of drug-likeness (QED) is 0.908. The van der Waals surface area contributed by atoms with Gasteiger partial charge in [-0.05, 0) is 28.8 Å². The van der Waals surface area contributed by atoms with Gasteiger partial charge in [-0.3, -0.25) is 9.52 Å². The van der Waals surface area contributed by atoms with Gasteiger partial charge < -0.3 is 0 Å². The van der Waals surface area contributed by atoms with Crippen molar-refractivity contribution in [2.24, 2.45) is 0 Å². The number of amides is 1. The van der Waals surface area contributed by atoms with Gasteiger partial charge in [0.1, 0.15) is 0 Å². The standard InChI is InChI=1S/C9H11BrN2O3S2/c1-5(13)12-17(14,15)7-2-6(3-7)9-11-4-8(10)16-9/h4,6-7H,2-3H2,1H3,(H,12,13). The Morgan fingerprint density at radius 2 is 2.24 bits per heavy atom. The summed E-state index contributed by atoms with van der Waals surface area (Å²) in [6, 6.07) is 0. The van der Waals surface area contributed by atoms with Crippen LogP contribution < -0.4 is 4.72 Å². The van der Waals surface area contributed by atoms with Crippen LogP contribution in [0.25, 0.3) is 0 Å². The third-order valence-electron chi connectivity index (χ3n) is 2.66. The van der Waals surface area contributed by atoms with Crippen LogP contribution in [0.5, 0.6) is 0 Å². The molecule has 1 saturated carbocycles. The Bertz CT molecular complexity index is 534. The number of nitrogens with zero attached hydrogens (tertiary/aromatic N) is 1. The Kier molecular flexibility index (Phi) is 3.55. The minimum atomic E-state index is -3.49. The maximum absolute atomic E-state index is 11.6. The molecular formula is C9H11BrN2O3S2. The van der Waals surface area contributed by atoms with Crippen LogP contribution in [-0.2, 0) is 14.8 Å². The number of sulfonamides is 1. The number of hydrogen-bond donors (Lipinski definition) is 1. The zero-order valence-corrected chi connectivity index (χ0v) is 12.2. The lowest BCUT2D eigenvalue weighted by Crippen LogP contribution is -2.43. The molecule has 1 aliphatic carbocycles. The fourth-order valence-electron chi connectivity index (χ4n) is 1.76. The normalized spacial score (nSPS) is 24.1. The molecule has 1 N–H and O–H groups in total. The first-order valence-corrected chi connectivity index (χ1v) is 8.17. The van der Waals surface area contributed by atoms with Crippen molar-refractivity contribution in [2.75, 3.05) is 0 Å². The predicted molar refractivity (Wildman–Crippen MR) is 68.3 cm³/mol. The van der Waals surface area contributed by atoms with Crippen LogP contribution in [0.1, 0.15) is 30.7 Å². The zero-order valence-electron chi connectivity index (χ0n) is 9.01. The number of rotatable bonds is 3. The second-order valence-electron chi connectivity index (χ2n) is 4.00. The lowest BCUT2D eigenvalue weighted by molar-refractivity contribution is -0.117. The fourth-order valence-corrected chi connectivity index (χ4v) is 4.67. The number of carbonyl (C=O) groups is 1. The van der Waals surface area contributed by atoms with Crippen LogP contribution in [0.2, 0.25) is 0 Å². The smallest absolute Gasteiger partial charge is 0.237 e. The van der Waals surface area contributed by atoms with Crippen LogP contribution in [0.15, 0.2) is 9.98 Å². The van der Waals surface area contributed by atoms with Gasteiger partial charge in [-0.2, -0.15) is 0 Å². The Morgan fingerprint density at radius 3 is 2.71 bits per heavy atom. The molecule has 0 aromatic carbocycles. The number of thiazole rings is 1. The molecule has 17 heavy (non-hydrogen) atoms. The van der Waals surface area contributed by atoms with Gasteiger partial charge in [0, 0.05) is 12.8 Å². The highest BCUT2D eigenvalue weighted by atomic mass is 79.9. The van der Waals surface area contributed by atoms with Crippen molar-refractivity contribution < 1.29 is 13.2 Å². The van der Waals surface area contributed by atoms with E-state index in [9.17, 15) is 13.2 Å². The fraction of sp³-hybridized carbons (Fsp3) is 0.556. The molecule has 0 aliphatic heterocycles. The molecule has 0 saturated heterocycles. The van der Waals surface area contributed by atoms with E-state index in [1.54, 1.807) is 6.20 Å². The van der Waals surface area contributed by atoms with Gasteiger partial charge in [0.2, 0.25) is 15.9 Å². The molecule has 1 fully saturated rings. The van der Waals surface area contributed by atoms with E-state index in [1.807, 2.05) is 4.72 Å². The summed E-state index contributed by atoms with van der Waals surface area (Å²) < 4.78 is 26.2. The topological polar surface area (TPSA) is 76.1 Å². The highest BCUT2D eigenvalue weighted by Crippen LogP contribution is 2.42. The Labute approximate surface area is 112 Å². The molecule has 8 heteroatoms. The van der Waals surface area contributed by atoms with E-state index in [2.05, 4.69) is 20.9 Å². The molecule has 5 nitrogen and oxygen atoms in total. The average molecular weight is 339 g/mol. The van der Waals surface area contributed by atoms with E-state index in [1.165, 1.54) is 18.3 Å².